The molecule has 2 heterocycles. The monoisotopic (exact) mass is 341 g/mol. The molecule has 1 saturated heterocycles. The molecule has 1 fully saturated rings. The highest BCUT2D eigenvalue weighted by molar-refractivity contribution is 9.13. The number of thiophene rings is 1. The van der Waals surface area contributed by atoms with Gasteiger partial charge in [0.05, 0.1) is 9.16 Å². The van der Waals surface area contributed by atoms with Crippen LogP contribution in [0.15, 0.2) is 14.3 Å². The second-order valence-corrected chi connectivity index (χ2v) is 7.30. The Labute approximate surface area is 103 Å². The van der Waals surface area contributed by atoms with Crippen LogP contribution < -0.4 is 5.32 Å². The third kappa shape index (κ3) is 2.50. The van der Waals surface area contributed by atoms with E-state index in [9.17, 15) is 0 Å². The molecule has 5 heteroatoms. The molecule has 0 radical (unpaired) electrons. The van der Waals surface area contributed by atoms with Gasteiger partial charge in [-0.15, -0.1) is 23.1 Å². The van der Waals surface area contributed by atoms with Gasteiger partial charge in [0, 0.05) is 9.35 Å². The first-order valence-electron chi connectivity index (χ1n) is 4.07. The standard InChI is InChI=1S/C8H9Br2NS2/c9-5-4-6(13-7(5)10)8-11-2-1-3-12-8/h4,8,11H,1-3H2. The molecule has 0 saturated carbocycles. The Balaban J connectivity index is 2.14. The highest BCUT2D eigenvalue weighted by Crippen LogP contribution is 2.40. The lowest BCUT2D eigenvalue weighted by molar-refractivity contribution is 0.649. The first-order chi connectivity index (χ1) is 6.27. The summed E-state index contributed by atoms with van der Waals surface area (Å²) in [6, 6.07) is 2.20. The van der Waals surface area contributed by atoms with Crippen LogP contribution >= 0.6 is 55.0 Å². The minimum atomic E-state index is 0.501. The van der Waals surface area contributed by atoms with Crippen molar-refractivity contribution in [3.05, 3.63) is 19.2 Å². The Morgan fingerprint density at radius 2 is 2.31 bits per heavy atom. The van der Waals surface area contributed by atoms with Gasteiger partial charge in [-0.2, -0.15) is 0 Å². The summed E-state index contributed by atoms with van der Waals surface area (Å²) in [6.45, 7) is 1.14. The van der Waals surface area contributed by atoms with E-state index < -0.39 is 0 Å². The van der Waals surface area contributed by atoms with Crippen LogP contribution in [0.1, 0.15) is 16.7 Å². The largest absolute Gasteiger partial charge is 0.301 e. The molecule has 1 N–H and O–H groups in total. The van der Waals surface area contributed by atoms with Crippen LogP contribution in [0.5, 0.6) is 0 Å². The van der Waals surface area contributed by atoms with E-state index in [2.05, 4.69) is 43.2 Å². The second kappa shape index (κ2) is 4.66. The molecule has 0 bridgehead atoms. The van der Waals surface area contributed by atoms with Crippen molar-refractivity contribution in [3.8, 4) is 0 Å². The van der Waals surface area contributed by atoms with Gasteiger partial charge in [-0.3, -0.25) is 0 Å². The summed E-state index contributed by atoms with van der Waals surface area (Å²) in [5, 5.41) is 4.01. The minimum absolute atomic E-state index is 0.501. The Kier molecular flexibility index (Phi) is 3.76. The number of thioether (sulfide) groups is 1. The van der Waals surface area contributed by atoms with Crippen molar-refractivity contribution in [2.75, 3.05) is 12.3 Å². The van der Waals surface area contributed by atoms with Crippen molar-refractivity contribution in [2.24, 2.45) is 0 Å². The van der Waals surface area contributed by atoms with Crippen molar-refractivity contribution in [1.29, 1.82) is 0 Å². The molecule has 1 aromatic rings. The normalized spacial score (nSPS) is 23.4. The molecule has 1 aromatic heterocycles. The predicted molar refractivity (Wildman–Crippen MR) is 67.5 cm³/mol. The smallest absolute Gasteiger partial charge is 0.0883 e. The fourth-order valence-corrected chi connectivity index (χ4v) is 4.65. The molecule has 2 rings (SSSR count). The molecule has 1 aliphatic heterocycles. The molecule has 13 heavy (non-hydrogen) atoms. The van der Waals surface area contributed by atoms with Gasteiger partial charge in [-0.1, -0.05) is 0 Å². The first kappa shape index (κ1) is 10.5. The van der Waals surface area contributed by atoms with Crippen LogP contribution in [-0.2, 0) is 0 Å². The SMILES string of the molecule is Brc1cc(C2NCCCS2)sc1Br. The van der Waals surface area contributed by atoms with E-state index in [4.69, 9.17) is 0 Å². The maximum Gasteiger partial charge on any atom is 0.0883 e. The topological polar surface area (TPSA) is 12.0 Å². The first-order valence-corrected chi connectivity index (χ1v) is 7.52. The van der Waals surface area contributed by atoms with Crippen LogP contribution in [0.4, 0.5) is 0 Å². The molecule has 1 aliphatic rings. The summed E-state index contributed by atoms with van der Waals surface area (Å²) in [4.78, 5) is 1.41. The van der Waals surface area contributed by atoms with E-state index >= 15 is 0 Å². The Morgan fingerprint density at radius 1 is 1.46 bits per heavy atom. The maximum absolute atomic E-state index is 3.52. The summed E-state index contributed by atoms with van der Waals surface area (Å²) in [6.07, 6.45) is 1.29. The van der Waals surface area contributed by atoms with Crippen LogP contribution in [0.3, 0.4) is 0 Å². The Bertz CT molecular complexity index is 275. The van der Waals surface area contributed by atoms with E-state index in [1.165, 1.54) is 25.3 Å². The lowest BCUT2D eigenvalue weighted by Gasteiger charge is -2.21. The van der Waals surface area contributed by atoms with Crippen molar-refractivity contribution in [2.45, 2.75) is 11.8 Å². The summed E-state index contributed by atoms with van der Waals surface area (Å²) < 4.78 is 2.36. The molecule has 1 nitrogen and oxygen atoms in total. The molecule has 0 amide bonds. The molecule has 0 aromatic carbocycles. The Morgan fingerprint density at radius 3 is 2.85 bits per heavy atom. The maximum atomic E-state index is 3.52. The zero-order valence-electron chi connectivity index (χ0n) is 6.85. The van der Waals surface area contributed by atoms with Gasteiger partial charge in [0.15, 0.2) is 0 Å². The van der Waals surface area contributed by atoms with E-state index in [1.54, 1.807) is 0 Å². The number of hydrogen-bond acceptors (Lipinski definition) is 3. The van der Waals surface area contributed by atoms with Crippen LogP contribution in [0, 0.1) is 0 Å². The molecular weight excluding hydrogens is 334 g/mol. The molecule has 1 atom stereocenters. The molecular formula is C8H9Br2NS2. The van der Waals surface area contributed by atoms with Crippen LogP contribution in [-0.4, -0.2) is 12.3 Å². The van der Waals surface area contributed by atoms with E-state index in [0.717, 1.165) is 6.54 Å². The lowest BCUT2D eigenvalue weighted by Crippen LogP contribution is -2.24. The second-order valence-electron chi connectivity index (χ2n) is 2.83. The summed E-state index contributed by atoms with van der Waals surface area (Å²) in [5.74, 6) is 1.27. The fraction of sp³-hybridized carbons (Fsp3) is 0.500. The molecule has 72 valence electrons. The third-order valence-electron chi connectivity index (χ3n) is 1.86. The van der Waals surface area contributed by atoms with Crippen LogP contribution in [0.2, 0.25) is 0 Å². The number of rotatable bonds is 1. The van der Waals surface area contributed by atoms with Crippen molar-refractivity contribution in [1.82, 2.24) is 5.32 Å². The number of hydrogen-bond donors (Lipinski definition) is 1. The van der Waals surface area contributed by atoms with Gasteiger partial charge in [0.2, 0.25) is 0 Å². The van der Waals surface area contributed by atoms with Gasteiger partial charge in [0.1, 0.15) is 0 Å². The fourth-order valence-electron chi connectivity index (χ4n) is 1.24. The third-order valence-corrected chi connectivity index (χ3v) is 6.61. The van der Waals surface area contributed by atoms with Gasteiger partial charge in [0.25, 0.3) is 0 Å². The van der Waals surface area contributed by atoms with Crippen molar-refractivity contribution >= 4 is 55.0 Å². The molecule has 0 aliphatic carbocycles. The van der Waals surface area contributed by atoms with Gasteiger partial charge >= 0.3 is 0 Å². The molecule has 1 unspecified atom stereocenters. The zero-order valence-corrected chi connectivity index (χ0v) is 11.7. The zero-order chi connectivity index (χ0) is 9.26. The van der Waals surface area contributed by atoms with Gasteiger partial charge in [-0.25, -0.2) is 0 Å². The van der Waals surface area contributed by atoms with Crippen molar-refractivity contribution in [3.63, 3.8) is 0 Å². The summed E-state index contributed by atoms with van der Waals surface area (Å²) >= 11 is 10.8. The van der Waals surface area contributed by atoms with Crippen molar-refractivity contribution < 1.29 is 0 Å². The van der Waals surface area contributed by atoms with Gasteiger partial charge in [-0.05, 0) is 56.6 Å². The number of halogens is 2. The highest BCUT2D eigenvalue weighted by atomic mass is 79.9. The van der Waals surface area contributed by atoms with Crippen LogP contribution in [0.25, 0.3) is 0 Å². The Hall–Kier alpha value is 0.970. The van der Waals surface area contributed by atoms with E-state index in [0.29, 0.717) is 5.37 Å². The van der Waals surface area contributed by atoms with E-state index in [1.807, 2.05) is 23.1 Å². The van der Waals surface area contributed by atoms with E-state index in [-0.39, 0.29) is 0 Å². The predicted octanol–water partition coefficient (Wildman–Crippen LogP) is 4.00. The lowest BCUT2D eigenvalue weighted by atomic mass is 10.4. The highest BCUT2D eigenvalue weighted by Gasteiger charge is 2.18. The quantitative estimate of drug-likeness (QED) is 0.827. The average Bonchev–Trinajstić information content (AvgIpc) is 2.49. The summed E-state index contributed by atoms with van der Waals surface area (Å²) in [7, 11) is 0. The number of nitrogens with one attached hydrogen (secondary N) is 1. The van der Waals surface area contributed by atoms with Gasteiger partial charge < -0.3 is 5.32 Å². The molecule has 0 spiro atoms. The summed E-state index contributed by atoms with van der Waals surface area (Å²) in [5.41, 5.74) is 0. The average molecular weight is 343 g/mol. The minimum Gasteiger partial charge on any atom is -0.301 e.